The van der Waals surface area contributed by atoms with Crippen LogP contribution in [-0.2, 0) is 6.54 Å². The molecule has 1 saturated carbocycles. The number of imidazole rings is 1. The number of allylic oxidation sites excluding steroid dienone is 5. The van der Waals surface area contributed by atoms with Crippen molar-refractivity contribution in [2.24, 2.45) is 11.8 Å². The molecule has 0 bridgehead atoms. The summed E-state index contributed by atoms with van der Waals surface area (Å²) < 4.78 is 3.42. The van der Waals surface area contributed by atoms with Crippen LogP contribution in [0.3, 0.4) is 0 Å². The van der Waals surface area contributed by atoms with E-state index in [1.807, 2.05) is 18.3 Å². The third kappa shape index (κ3) is 1.97. The Morgan fingerprint density at radius 1 is 1.36 bits per heavy atom. The van der Waals surface area contributed by atoms with E-state index in [0.717, 1.165) is 43.0 Å². The highest BCUT2D eigenvalue weighted by molar-refractivity contribution is 6.01. The van der Waals surface area contributed by atoms with Crippen LogP contribution in [0.25, 0.3) is 0 Å². The summed E-state index contributed by atoms with van der Waals surface area (Å²) >= 11 is 0. The molecule has 22 heavy (non-hydrogen) atoms. The standard InChI is InChI=1S/C18H21N3O/c1-12-9-18-16(15-5-3-4-6-17(15)21(18)22)10-14(12)11-20-8-7-19-13(20)2/h3-4,6-8,12,14H,5,9-11H2,1-2H3. The molecule has 2 atom stereocenters. The number of fused-ring (bicyclic) bond motifs is 2. The lowest BCUT2D eigenvalue weighted by atomic mass is 9.75. The first-order valence-corrected chi connectivity index (χ1v) is 8.05. The lowest BCUT2D eigenvalue weighted by molar-refractivity contribution is -0.395. The van der Waals surface area contributed by atoms with Gasteiger partial charge in [-0.15, -0.1) is 0 Å². The van der Waals surface area contributed by atoms with Crippen LogP contribution in [0.15, 0.2) is 47.5 Å². The number of aryl methyl sites for hydroxylation is 1. The molecule has 0 aromatic carbocycles. The van der Waals surface area contributed by atoms with Gasteiger partial charge in [-0.25, -0.2) is 4.98 Å². The fraction of sp³-hybridized carbons (Fsp3) is 0.444. The van der Waals surface area contributed by atoms with E-state index in [1.54, 1.807) is 0 Å². The smallest absolute Gasteiger partial charge is 0.220 e. The minimum atomic E-state index is 0.520. The SMILES string of the molecule is Cc1nccn1CC1CC2=C3CC=CC=C3[N+]([O-])=C2CC1C. The highest BCUT2D eigenvalue weighted by atomic mass is 16.5. The number of hydrogen-bond acceptors (Lipinski definition) is 2. The Labute approximate surface area is 130 Å². The molecule has 4 heteroatoms. The van der Waals surface area contributed by atoms with Crippen LogP contribution >= 0.6 is 0 Å². The first kappa shape index (κ1) is 13.6. The normalized spacial score (nSPS) is 27.1. The van der Waals surface area contributed by atoms with Crippen LogP contribution in [0.5, 0.6) is 0 Å². The topological polar surface area (TPSA) is 43.9 Å². The van der Waals surface area contributed by atoms with E-state index in [1.165, 1.54) is 15.9 Å². The molecule has 0 spiro atoms. The maximum absolute atomic E-state index is 12.5. The Hall–Kier alpha value is -2.10. The first-order valence-electron chi connectivity index (χ1n) is 8.05. The van der Waals surface area contributed by atoms with E-state index < -0.39 is 0 Å². The van der Waals surface area contributed by atoms with E-state index in [-0.39, 0.29) is 0 Å². The van der Waals surface area contributed by atoms with Crippen LogP contribution in [0.1, 0.15) is 32.0 Å². The zero-order valence-corrected chi connectivity index (χ0v) is 13.1. The Morgan fingerprint density at radius 3 is 3.00 bits per heavy atom. The van der Waals surface area contributed by atoms with Gasteiger partial charge < -0.3 is 9.77 Å². The fourth-order valence-corrected chi connectivity index (χ4v) is 3.94. The monoisotopic (exact) mass is 295 g/mol. The molecular weight excluding hydrogens is 274 g/mol. The zero-order valence-electron chi connectivity index (χ0n) is 13.1. The Balaban J connectivity index is 1.66. The number of hydrogen-bond donors (Lipinski definition) is 0. The lowest BCUT2D eigenvalue weighted by Crippen LogP contribution is -2.30. The number of rotatable bonds is 2. The molecule has 2 aliphatic carbocycles. The predicted molar refractivity (Wildman–Crippen MR) is 86.4 cm³/mol. The molecule has 0 amide bonds. The Morgan fingerprint density at radius 2 is 2.23 bits per heavy atom. The predicted octanol–water partition coefficient (Wildman–Crippen LogP) is 3.34. The lowest BCUT2D eigenvalue weighted by Gasteiger charge is -2.29. The average molecular weight is 295 g/mol. The van der Waals surface area contributed by atoms with Gasteiger partial charge in [0.1, 0.15) is 5.82 Å². The summed E-state index contributed by atoms with van der Waals surface area (Å²) in [6, 6.07) is 0. The van der Waals surface area contributed by atoms with Gasteiger partial charge in [0.15, 0.2) is 5.71 Å². The van der Waals surface area contributed by atoms with Crippen molar-refractivity contribution in [1.82, 2.24) is 9.55 Å². The molecular formula is C18H21N3O. The molecule has 1 aliphatic heterocycles. The van der Waals surface area contributed by atoms with Gasteiger partial charge in [0.2, 0.25) is 5.70 Å². The zero-order chi connectivity index (χ0) is 15.3. The molecule has 4 nitrogen and oxygen atoms in total. The summed E-state index contributed by atoms with van der Waals surface area (Å²) in [5.74, 6) is 2.15. The minimum absolute atomic E-state index is 0.520. The third-order valence-corrected chi connectivity index (χ3v) is 5.34. The Kier molecular flexibility index (Phi) is 3.06. The summed E-state index contributed by atoms with van der Waals surface area (Å²) in [6.45, 7) is 5.31. The van der Waals surface area contributed by atoms with Crippen LogP contribution in [0, 0.1) is 24.0 Å². The summed E-state index contributed by atoms with van der Waals surface area (Å²) in [5, 5.41) is 12.5. The van der Waals surface area contributed by atoms with Crippen LogP contribution < -0.4 is 0 Å². The molecule has 2 unspecified atom stereocenters. The van der Waals surface area contributed by atoms with E-state index in [9.17, 15) is 5.21 Å². The summed E-state index contributed by atoms with van der Waals surface area (Å²) in [6.07, 6.45) is 12.8. The largest absolute Gasteiger partial charge is 0.618 e. The van der Waals surface area contributed by atoms with Gasteiger partial charge in [-0.2, -0.15) is 4.74 Å². The maximum Gasteiger partial charge on any atom is 0.220 e. The van der Waals surface area contributed by atoms with Gasteiger partial charge in [-0.3, -0.25) is 0 Å². The number of nitrogens with zero attached hydrogens (tertiary/aromatic N) is 3. The second kappa shape index (κ2) is 4.97. The summed E-state index contributed by atoms with van der Waals surface area (Å²) in [7, 11) is 0. The van der Waals surface area contributed by atoms with Gasteiger partial charge in [0, 0.05) is 42.6 Å². The fourth-order valence-electron chi connectivity index (χ4n) is 3.94. The molecule has 0 radical (unpaired) electrons. The van der Waals surface area contributed by atoms with Gasteiger partial charge in [-0.1, -0.05) is 19.1 Å². The Bertz CT molecular complexity index is 748. The molecule has 1 fully saturated rings. The first-order chi connectivity index (χ1) is 10.6. The van der Waals surface area contributed by atoms with E-state index in [0.29, 0.717) is 11.8 Å². The molecule has 0 saturated heterocycles. The van der Waals surface area contributed by atoms with Gasteiger partial charge in [-0.05, 0) is 31.6 Å². The van der Waals surface area contributed by atoms with Gasteiger partial charge in [0.05, 0.1) is 0 Å². The number of aromatic nitrogens is 2. The van der Waals surface area contributed by atoms with Crippen LogP contribution in [-0.4, -0.2) is 20.0 Å². The van der Waals surface area contributed by atoms with Crippen LogP contribution in [0.2, 0.25) is 0 Å². The second-order valence-electron chi connectivity index (χ2n) is 6.65. The summed E-state index contributed by atoms with van der Waals surface area (Å²) in [4.78, 5) is 4.32. The van der Waals surface area contributed by atoms with Gasteiger partial charge >= 0.3 is 0 Å². The average Bonchev–Trinajstić information content (AvgIpc) is 3.04. The molecule has 114 valence electrons. The summed E-state index contributed by atoms with van der Waals surface area (Å²) in [5.41, 5.74) is 4.45. The molecule has 4 rings (SSSR count). The molecule has 1 aromatic rings. The van der Waals surface area contributed by atoms with Crippen molar-refractivity contribution in [1.29, 1.82) is 0 Å². The van der Waals surface area contributed by atoms with Crippen molar-refractivity contribution in [3.05, 3.63) is 58.5 Å². The molecule has 1 aromatic heterocycles. The van der Waals surface area contributed by atoms with Crippen molar-refractivity contribution in [3.8, 4) is 0 Å². The minimum Gasteiger partial charge on any atom is -0.618 e. The van der Waals surface area contributed by atoms with Crippen molar-refractivity contribution in [2.75, 3.05) is 0 Å². The quantitative estimate of drug-likeness (QED) is 0.620. The van der Waals surface area contributed by atoms with Crippen molar-refractivity contribution < 1.29 is 4.74 Å². The van der Waals surface area contributed by atoms with E-state index in [2.05, 4.69) is 35.7 Å². The molecule has 2 heterocycles. The highest BCUT2D eigenvalue weighted by Crippen LogP contribution is 2.41. The second-order valence-corrected chi connectivity index (χ2v) is 6.65. The third-order valence-electron chi connectivity index (χ3n) is 5.34. The molecule has 3 aliphatic rings. The van der Waals surface area contributed by atoms with E-state index in [4.69, 9.17) is 0 Å². The van der Waals surface area contributed by atoms with E-state index >= 15 is 0 Å². The van der Waals surface area contributed by atoms with Crippen LogP contribution in [0.4, 0.5) is 0 Å². The van der Waals surface area contributed by atoms with Crippen molar-refractivity contribution in [3.63, 3.8) is 0 Å². The highest BCUT2D eigenvalue weighted by Gasteiger charge is 2.41. The number of hydroxylamine groups is 1. The van der Waals surface area contributed by atoms with Crippen molar-refractivity contribution in [2.45, 2.75) is 39.7 Å². The molecule has 0 N–H and O–H groups in total. The van der Waals surface area contributed by atoms with Gasteiger partial charge in [0.25, 0.3) is 0 Å². The van der Waals surface area contributed by atoms with Crippen molar-refractivity contribution >= 4 is 5.71 Å². The maximum atomic E-state index is 12.5.